The van der Waals surface area contributed by atoms with Gasteiger partial charge in [0.25, 0.3) is 5.91 Å². The number of fused-ring (bicyclic) bond motifs is 1. The van der Waals surface area contributed by atoms with Gasteiger partial charge in [-0.2, -0.15) is 26.3 Å². The normalized spacial score (nSPS) is 14.9. The molecule has 1 heterocycles. The number of carbonyl (C=O) groups is 1. The average Bonchev–Trinajstić information content (AvgIpc) is 3.11. The summed E-state index contributed by atoms with van der Waals surface area (Å²) >= 11 is 0. The molecule has 1 aliphatic rings. The third-order valence-electron chi connectivity index (χ3n) is 4.40. The molecule has 0 fully saturated rings. The molecule has 2 aromatic carbocycles. The zero-order valence-corrected chi connectivity index (χ0v) is 14.7. The number of aliphatic hydroxyl groups is 1. The van der Waals surface area contributed by atoms with Crippen LogP contribution in [0.2, 0.25) is 0 Å². The van der Waals surface area contributed by atoms with Gasteiger partial charge in [-0.1, -0.05) is 6.07 Å². The van der Waals surface area contributed by atoms with Gasteiger partial charge in [-0.15, -0.1) is 0 Å². The van der Waals surface area contributed by atoms with Crippen molar-refractivity contribution in [3.8, 4) is 5.75 Å². The summed E-state index contributed by atoms with van der Waals surface area (Å²) < 4.78 is 82.7. The SMILES string of the molecule is O=C(NCC(O)c1ccc2c(c1)CCO2)c1cc(C(F)(F)F)cc(C(F)(F)F)c1. The van der Waals surface area contributed by atoms with Crippen LogP contribution in [-0.2, 0) is 18.8 Å². The van der Waals surface area contributed by atoms with Crippen molar-refractivity contribution in [1.29, 1.82) is 0 Å². The number of ether oxygens (including phenoxy) is 1. The Morgan fingerprint density at radius 2 is 1.66 bits per heavy atom. The first-order valence-corrected chi connectivity index (χ1v) is 8.46. The summed E-state index contributed by atoms with van der Waals surface area (Å²) in [6.45, 7) is 0.110. The third kappa shape index (κ3) is 4.81. The predicted octanol–water partition coefficient (Wildman–Crippen LogP) is 4.12. The first-order valence-electron chi connectivity index (χ1n) is 8.46. The Balaban J connectivity index is 1.76. The van der Waals surface area contributed by atoms with Gasteiger partial charge in [0.2, 0.25) is 0 Å². The standard InChI is InChI=1S/C19H15F6NO3/c20-18(21,22)13-6-12(7-14(8-13)19(23,24)25)17(28)26-9-15(27)10-1-2-16-11(5-10)3-4-29-16/h1-2,5-8,15,27H,3-4,9H2,(H,26,28). The molecule has 0 saturated carbocycles. The van der Waals surface area contributed by atoms with Crippen molar-refractivity contribution in [1.82, 2.24) is 5.32 Å². The second-order valence-corrected chi connectivity index (χ2v) is 6.49. The van der Waals surface area contributed by atoms with E-state index in [1.54, 1.807) is 18.2 Å². The molecule has 1 atom stereocenters. The fraction of sp³-hybridized carbons (Fsp3) is 0.316. The molecular formula is C19H15F6NO3. The Morgan fingerprint density at radius 3 is 2.24 bits per heavy atom. The number of aliphatic hydroxyl groups excluding tert-OH is 1. The van der Waals surface area contributed by atoms with Crippen LogP contribution in [-0.4, -0.2) is 24.2 Å². The summed E-state index contributed by atoms with van der Waals surface area (Å²) in [5, 5.41) is 12.4. The number of carbonyl (C=O) groups excluding carboxylic acids is 1. The molecule has 0 bridgehead atoms. The molecule has 2 N–H and O–H groups in total. The van der Waals surface area contributed by atoms with E-state index in [4.69, 9.17) is 4.74 Å². The number of hydrogen-bond donors (Lipinski definition) is 2. The summed E-state index contributed by atoms with van der Waals surface area (Å²) in [4.78, 5) is 12.1. The van der Waals surface area contributed by atoms with E-state index in [0.29, 0.717) is 36.5 Å². The van der Waals surface area contributed by atoms with Crippen LogP contribution in [0.4, 0.5) is 26.3 Å². The minimum absolute atomic E-state index is 0.0573. The van der Waals surface area contributed by atoms with Gasteiger partial charge in [-0.05, 0) is 41.5 Å². The second-order valence-electron chi connectivity index (χ2n) is 6.49. The average molecular weight is 419 g/mol. The van der Waals surface area contributed by atoms with E-state index >= 15 is 0 Å². The van der Waals surface area contributed by atoms with Crippen molar-refractivity contribution in [2.24, 2.45) is 0 Å². The minimum atomic E-state index is -5.05. The number of rotatable bonds is 4. The highest BCUT2D eigenvalue weighted by Crippen LogP contribution is 2.36. The molecule has 0 saturated heterocycles. The van der Waals surface area contributed by atoms with E-state index in [-0.39, 0.29) is 6.07 Å². The Morgan fingerprint density at radius 1 is 1.03 bits per heavy atom. The lowest BCUT2D eigenvalue weighted by Gasteiger charge is -2.16. The molecule has 2 aromatic rings. The quantitative estimate of drug-likeness (QED) is 0.733. The van der Waals surface area contributed by atoms with Crippen molar-refractivity contribution in [3.05, 3.63) is 64.2 Å². The van der Waals surface area contributed by atoms with Crippen LogP contribution in [0.25, 0.3) is 0 Å². The van der Waals surface area contributed by atoms with Gasteiger partial charge >= 0.3 is 12.4 Å². The summed E-state index contributed by atoms with van der Waals surface area (Å²) in [5.41, 5.74) is -2.68. The largest absolute Gasteiger partial charge is 0.493 e. The molecule has 156 valence electrons. The highest BCUT2D eigenvalue weighted by atomic mass is 19.4. The fourth-order valence-corrected chi connectivity index (χ4v) is 2.91. The molecule has 1 unspecified atom stereocenters. The Bertz CT molecular complexity index is 891. The van der Waals surface area contributed by atoms with Crippen LogP contribution in [0.15, 0.2) is 36.4 Å². The van der Waals surface area contributed by atoms with Crippen LogP contribution >= 0.6 is 0 Å². The number of nitrogens with one attached hydrogen (secondary N) is 1. The highest BCUT2D eigenvalue weighted by molar-refractivity contribution is 5.94. The maximum absolute atomic E-state index is 12.9. The maximum atomic E-state index is 12.9. The fourth-order valence-electron chi connectivity index (χ4n) is 2.91. The molecule has 4 nitrogen and oxygen atoms in total. The molecule has 0 aromatic heterocycles. The number of alkyl halides is 6. The van der Waals surface area contributed by atoms with Gasteiger partial charge in [0.1, 0.15) is 5.75 Å². The third-order valence-corrected chi connectivity index (χ3v) is 4.40. The van der Waals surface area contributed by atoms with Gasteiger partial charge in [0.05, 0.1) is 23.8 Å². The Kier molecular flexibility index (Phi) is 5.48. The maximum Gasteiger partial charge on any atom is 0.416 e. The monoisotopic (exact) mass is 419 g/mol. The predicted molar refractivity (Wildman–Crippen MR) is 89.4 cm³/mol. The Labute approximate surface area is 161 Å². The van der Waals surface area contributed by atoms with Crippen LogP contribution < -0.4 is 10.1 Å². The summed E-state index contributed by atoms with van der Waals surface area (Å²) in [7, 11) is 0. The number of hydrogen-bond acceptors (Lipinski definition) is 3. The number of amides is 1. The molecule has 1 amide bonds. The van der Waals surface area contributed by atoms with Gasteiger partial charge in [-0.3, -0.25) is 4.79 Å². The molecule has 0 aliphatic carbocycles. The first kappa shape index (κ1) is 21.0. The van der Waals surface area contributed by atoms with Crippen LogP contribution in [0.5, 0.6) is 5.75 Å². The van der Waals surface area contributed by atoms with Crippen molar-refractivity contribution >= 4 is 5.91 Å². The van der Waals surface area contributed by atoms with E-state index < -0.39 is 47.6 Å². The van der Waals surface area contributed by atoms with Gasteiger partial charge < -0.3 is 15.2 Å². The van der Waals surface area contributed by atoms with Crippen molar-refractivity contribution in [2.75, 3.05) is 13.2 Å². The molecule has 0 radical (unpaired) electrons. The molecular weight excluding hydrogens is 404 g/mol. The van der Waals surface area contributed by atoms with E-state index in [0.717, 1.165) is 5.56 Å². The summed E-state index contributed by atoms with van der Waals surface area (Å²) in [6.07, 6.45) is -10.7. The lowest BCUT2D eigenvalue weighted by molar-refractivity contribution is -0.143. The lowest BCUT2D eigenvalue weighted by Crippen LogP contribution is -2.29. The molecule has 1 aliphatic heterocycles. The molecule has 0 spiro atoms. The molecule has 3 rings (SSSR count). The summed E-state index contributed by atoms with van der Waals surface area (Å²) in [6, 6.07) is 5.49. The second kappa shape index (κ2) is 7.58. The van der Waals surface area contributed by atoms with Crippen LogP contribution in [0.1, 0.15) is 38.7 Å². The zero-order valence-electron chi connectivity index (χ0n) is 14.7. The molecule has 10 heteroatoms. The van der Waals surface area contributed by atoms with Gasteiger partial charge in [0, 0.05) is 18.5 Å². The van der Waals surface area contributed by atoms with Crippen molar-refractivity contribution < 1.29 is 41.0 Å². The molecule has 29 heavy (non-hydrogen) atoms. The van der Waals surface area contributed by atoms with Crippen LogP contribution in [0, 0.1) is 0 Å². The number of halogens is 6. The van der Waals surface area contributed by atoms with E-state index in [1.165, 1.54) is 0 Å². The smallest absolute Gasteiger partial charge is 0.416 e. The van der Waals surface area contributed by atoms with Crippen LogP contribution in [0.3, 0.4) is 0 Å². The lowest BCUT2D eigenvalue weighted by atomic mass is 10.0. The minimum Gasteiger partial charge on any atom is -0.493 e. The first-order chi connectivity index (χ1) is 13.4. The summed E-state index contributed by atoms with van der Waals surface area (Å²) in [5.74, 6) is -0.487. The van der Waals surface area contributed by atoms with E-state index in [2.05, 4.69) is 5.32 Å². The van der Waals surface area contributed by atoms with Gasteiger partial charge in [0.15, 0.2) is 0 Å². The Hall–Kier alpha value is -2.75. The van der Waals surface area contributed by atoms with E-state index in [1.807, 2.05) is 0 Å². The van der Waals surface area contributed by atoms with Crippen molar-refractivity contribution in [3.63, 3.8) is 0 Å². The van der Waals surface area contributed by atoms with Crippen molar-refractivity contribution in [2.45, 2.75) is 24.9 Å². The zero-order chi connectivity index (χ0) is 21.4. The topological polar surface area (TPSA) is 58.6 Å². The number of benzene rings is 2. The highest BCUT2D eigenvalue weighted by Gasteiger charge is 2.37. The van der Waals surface area contributed by atoms with E-state index in [9.17, 15) is 36.2 Å². The van der Waals surface area contributed by atoms with Gasteiger partial charge in [-0.25, -0.2) is 0 Å².